The molecule has 1 heterocycles. The smallest absolute Gasteiger partial charge is 0.227 e. The van der Waals surface area contributed by atoms with Crippen LogP contribution in [0.5, 0.6) is 0 Å². The van der Waals surface area contributed by atoms with Crippen LogP contribution < -0.4 is 11.1 Å². The molecule has 18 heavy (non-hydrogen) atoms. The van der Waals surface area contributed by atoms with Crippen molar-refractivity contribution >= 4 is 17.2 Å². The number of nitrogens with zero attached hydrogens (tertiary/aromatic N) is 1. The molecule has 0 bridgehead atoms. The monoisotopic (exact) mass is 269 g/mol. The summed E-state index contributed by atoms with van der Waals surface area (Å²) in [5, 5.41) is 5.04. The Morgan fingerprint density at radius 2 is 2.22 bits per heavy atom. The number of hydrogen-bond acceptors (Lipinski definition) is 4. The van der Waals surface area contributed by atoms with Gasteiger partial charge in [-0.2, -0.15) is 0 Å². The fourth-order valence-electron chi connectivity index (χ4n) is 1.54. The van der Waals surface area contributed by atoms with E-state index in [-0.39, 0.29) is 11.9 Å². The predicted molar refractivity (Wildman–Crippen MR) is 76.6 cm³/mol. The van der Waals surface area contributed by atoms with Gasteiger partial charge in [0.25, 0.3) is 0 Å². The van der Waals surface area contributed by atoms with Crippen molar-refractivity contribution in [3.8, 4) is 0 Å². The van der Waals surface area contributed by atoms with Crippen molar-refractivity contribution in [1.82, 2.24) is 10.2 Å². The van der Waals surface area contributed by atoms with Crippen molar-refractivity contribution in [2.24, 2.45) is 11.1 Å². The highest BCUT2D eigenvalue weighted by molar-refractivity contribution is 7.10. The maximum atomic E-state index is 12.0. The molecule has 1 rings (SSSR count). The molecule has 102 valence electrons. The molecule has 0 saturated heterocycles. The zero-order valence-electron chi connectivity index (χ0n) is 11.6. The Labute approximate surface area is 113 Å². The molecule has 4 nitrogen and oxygen atoms in total. The van der Waals surface area contributed by atoms with Gasteiger partial charge in [0.2, 0.25) is 5.91 Å². The van der Waals surface area contributed by atoms with Gasteiger partial charge in [-0.15, -0.1) is 11.3 Å². The van der Waals surface area contributed by atoms with Gasteiger partial charge in [-0.3, -0.25) is 4.79 Å². The topological polar surface area (TPSA) is 58.4 Å². The first-order valence-electron chi connectivity index (χ1n) is 6.06. The molecule has 1 aromatic rings. The van der Waals surface area contributed by atoms with Crippen LogP contribution in [-0.2, 0) is 4.79 Å². The van der Waals surface area contributed by atoms with Gasteiger partial charge in [0.15, 0.2) is 0 Å². The molecule has 1 atom stereocenters. The summed E-state index contributed by atoms with van der Waals surface area (Å²) < 4.78 is 0. The van der Waals surface area contributed by atoms with Crippen LogP contribution in [0.4, 0.5) is 0 Å². The van der Waals surface area contributed by atoms with Crippen molar-refractivity contribution in [2.45, 2.75) is 19.9 Å². The van der Waals surface area contributed by atoms with Crippen LogP contribution in [0.15, 0.2) is 17.5 Å². The van der Waals surface area contributed by atoms with E-state index in [0.29, 0.717) is 13.1 Å². The van der Waals surface area contributed by atoms with Gasteiger partial charge >= 0.3 is 0 Å². The summed E-state index contributed by atoms with van der Waals surface area (Å²) in [6.07, 6.45) is 0. The second kappa shape index (κ2) is 6.31. The van der Waals surface area contributed by atoms with E-state index in [1.807, 2.05) is 34.0 Å². The third-order valence-electron chi connectivity index (χ3n) is 3.08. The van der Waals surface area contributed by atoms with E-state index >= 15 is 0 Å². The summed E-state index contributed by atoms with van der Waals surface area (Å²) in [7, 11) is 4.04. The van der Waals surface area contributed by atoms with Crippen LogP contribution in [-0.4, -0.2) is 38.0 Å². The number of rotatable bonds is 6. The van der Waals surface area contributed by atoms with Crippen molar-refractivity contribution < 1.29 is 4.79 Å². The summed E-state index contributed by atoms with van der Waals surface area (Å²) in [6.45, 7) is 4.68. The second-order valence-electron chi connectivity index (χ2n) is 5.29. The lowest BCUT2D eigenvalue weighted by atomic mass is 9.92. The van der Waals surface area contributed by atoms with E-state index in [1.54, 1.807) is 11.3 Å². The minimum absolute atomic E-state index is 0.00778. The lowest BCUT2D eigenvalue weighted by molar-refractivity contribution is -0.129. The second-order valence-corrected chi connectivity index (χ2v) is 6.27. The lowest BCUT2D eigenvalue weighted by Gasteiger charge is -2.27. The van der Waals surface area contributed by atoms with Gasteiger partial charge in [-0.05, 0) is 39.4 Å². The molecule has 0 aliphatic carbocycles. The third kappa shape index (κ3) is 3.80. The average molecular weight is 269 g/mol. The van der Waals surface area contributed by atoms with Gasteiger partial charge in [0.05, 0.1) is 11.5 Å². The summed E-state index contributed by atoms with van der Waals surface area (Å²) in [6, 6.07) is 4.33. The van der Waals surface area contributed by atoms with Crippen molar-refractivity contribution in [3.05, 3.63) is 22.4 Å². The van der Waals surface area contributed by atoms with E-state index in [4.69, 9.17) is 5.73 Å². The Balaban J connectivity index is 2.62. The molecular formula is C13H23N3OS. The molecule has 1 aromatic heterocycles. The maximum absolute atomic E-state index is 12.0. The number of nitrogens with one attached hydrogen (secondary N) is 1. The SMILES string of the molecule is CN(C)C(CNC(=O)C(C)(C)CN)c1cccs1. The lowest BCUT2D eigenvalue weighted by Crippen LogP contribution is -2.44. The van der Waals surface area contributed by atoms with Crippen LogP contribution in [0, 0.1) is 5.41 Å². The molecule has 0 saturated carbocycles. The Morgan fingerprint density at radius 1 is 1.56 bits per heavy atom. The molecule has 3 N–H and O–H groups in total. The number of carbonyl (C=O) groups is 1. The number of carbonyl (C=O) groups excluding carboxylic acids is 1. The summed E-state index contributed by atoms with van der Waals surface area (Å²) in [4.78, 5) is 15.4. The third-order valence-corrected chi connectivity index (χ3v) is 4.05. The zero-order chi connectivity index (χ0) is 13.8. The van der Waals surface area contributed by atoms with E-state index in [0.717, 1.165) is 0 Å². The fourth-order valence-corrected chi connectivity index (χ4v) is 2.46. The molecule has 0 spiro atoms. The molecular weight excluding hydrogens is 246 g/mol. The van der Waals surface area contributed by atoms with Gasteiger partial charge < -0.3 is 16.0 Å². The van der Waals surface area contributed by atoms with Gasteiger partial charge in [0, 0.05) is 18.0 Å². The number of nitrogens with two attached hydrogens (primary N) is 1. The van der Waals surface area contributed by atoms with Crippen LogP contribution >= 0.6 is 11.3 Å². The summed E-state index contributed by atoms with van der Waals surface area (Å²) in [5.41, 5.74) is 5.09. The molecule has 0 aliphatic heterocycles. The molecule has 0 radical (unpaired) electrons. The minimum atomic E-state index is -0.508. The van der Waals surface area contributed by atoms with Crippen LogP contribution in [0.25, 0.3) is 0 Å². The highest BCUT2D eigenvalue weighted by Gasteiger charge is 2.26. The van der Waals surface area contributed by atoms with E-state index in [9.17, 15) is 4.79 Å². The van der Waals surface area contributed by atoms with Gasteiger partial charge in [-0.1, -0.05) is 6.07 Å². The van der Waals surface area contributed by atoms with Crippen molar-refractivity contribution in [3.63, 3.8) is 0 Å². The van der Waals surface area contributed by atoms with E-state index < -0.39 is 5.41 Å². The molecule has 0 aliphatic rings. The number of hydrogen-bond donors (Lipinski definition) is 2. The maximum Gasteiger partial charge on any atom is 0.227 e. The predicted octanol–water partition coefficient (Wildman–Crippen LogP) is 1.45. The molecule has 0 fully saturated rings. The zero-order valence-corrected chi connectivity index (χ0v) is 12.4. The Hall–Kier alpha value is -0.910. The molecule has 1 unspecified atom stereocenters. The average Bonchev–Trinajstić information content (AvgIpc) is 2.82. The number of amides is 1. The fraction of sp³-hybridized carbons (Fsp3) is 0.615. The molecule has 1 amide bonds. The Bertz CT molecular complexity index is 374. The van der Waals surface area contributed by atoms with Crippen LogP contribution in [0.2, 0.25) is 0 Å². The Morgan fingerprint density at radius 3 is 2.67 bits per heavy atom. The number of thiophene rings is 1. The minimum Gasteiger partial charge on any atom is -0.354 e. The highest BCUT2D eigenvalue weighted by atomic mass is 32.1. The normalized spacial score (nSPS) is 13.7. The Kier molecular flexibility index (Phi) is 5.31. The van der Waals surface area contributed by atoms with E-state index in [2.05, 4.69) is 21.7 Å². The van der Waals surface area contributed by atoms with E-state index in [1.165, 1.54) is 4.88 Å². The standard InChI is InChI=1S/C13H23N3OS/c1-13(2,9-14)12(17)15-8-10(16(3)4)11-6-5-7-18-11/h5-7,10H,8-9,14H2,1-4H3,(H,15,17). The number of likely N-dealkylation sites (N-methyl/N-ethyl adjacent to an activating group) is 1. The molecule has 5 heteroatoms. The summed E-state index contributed by atoms with van der Waals surface area (Å²) in [5.74, 6) is 0.00778. The first-order valence-corrected chi connectivity index (χ1v) is 6.94. The van der Waals surface area contributed by atoms with Crippen molar-refractivity contribution in [2.75, 3.05) is 27.2 Å². The first kappa shape index (κ1) is 15.1. The van der Waals surface area contributed by atoms with Gasteiger partial charge in [-0.25, -0.2) is 0 Å². The van der Waals surface area contributed by atoms with Gasteiger partial charge in [0.1, 0.15) is 0 Å². The largest absolute Gasteiger partial charge is 0.354 e. The quantitative estimate of drug-likeness (QED) is 0.822. The highest BCUT2D eigenvalue weighted by Crippen LogP contribution is 2.22. The van der Waals surface area contributed by atoms with Crippen LogP contribution in [0.1, 0.15) is 24.8 Å². The molecule has 0 aromatic carbocycles. The van der Waals surface area contributed by atoms with Crippen molar-refractivity contribution in [1.29, 1.82) is 0 Å². The summed E-state index contributed by atoms with van der Waals surface area (Å²) >= 11 is 1.71. The first-order chi connectivity index (χ1) is 8.38. The van der Waals surface area contributed by atoms with Crippen LogP contribution in [0.3, 0.4) is 0 Å².